The maximum Gasteiger partial charge on any atom is 0.296 e. The Morgan fingerprint density at radius 1 is 1.33 bits per heavy atom. The van der Waals surface area contributed by atoms with Crippen molar-refractivity contribution >= 4 is 15.9 Å². The van der Waals surface area contributed by atoms with Gasteiger partial charge in [0.15, 0.2) is 0 Å². The predicted octanol–water partition coefficient (Wildman–Crippen LogP) is -0.0523. The third-order valence-electron chi connectivity index (χ3n) is 2.35. The van der Waals surface area contributed by atoms with Crippen molar-refractivity contribution in [3.63, 3.8) is 0 Å². The van der Waals surface area contributed by atoms with E-state index >= 15 is 0 Å². The number of nitrogens with two attached hydrogens (primary N) is 1. The molecule has 0 unspecified atom stereocenters. The van der Waals surface area contributed by atoms with Crippen LogP contribution in [0.2, 0.25) is 0 Å². The Bertz CT molecular complexity index is 470. The highest BCUT2D eigenvalue weighted by Gasteiger charge is 2.10. The van der Waals surface area contributed by atoms with Crippen LogP contribution in [0.1, 0.15) is 11.1 Å². The zero-order valence-corrected chi connectivity index (χ0v) is 8.97. The quantitative estimate of drug-likeness (QED) is 0.662. The lowest BCUT2D eigenvalue weighted by molar-refractivity contribution is 0.603. The van der Waals surface area contributed by atoms with Gasteiger partial charge in [-0.15, -0.1) is 0 Å². The van der Waals surface area contributed by atoms with Crippen molar-refractivity contribution in [1.29, 1.82) is 0 Å². The summed E-state index contributed by atoms with van der Waals surface area (Å²) in [7, 11) is -3.67. The third kappa shape index (κ3) is 2.68. The summed E-state index contributed by atoms with van der Waals surface area (Å²) in [6.45, 7) is 1.74. The smallest absolute Gasteiger partial charge is 0.296 e. The summed E-state index contributed by atoms with van der Waals surface area (Å²) >= 11 is 0. The van der Waals surface area contributed by atoms with Gasteiger partial charge in [0, 0.05) is 6.54 Å². The maximum atomic E-state index is 10.8. The first-order valence-electron chi connectivity index (χ1n) is 4.68. The Hall–Kier alpha value is -1.11. The molecule has 2 rings (SSSR count). The van der Waals surface area contributed by atoms with Crippen LogP contribution in [0.15, 0.2) is 18.2 Å². The molecule has 1 aliphatic heterocycles. The van der Waals surface area contributed by atoms with Gasteiger partial charge in [-0.2, -0.15) is 8.42 Å². The van der Waals surface area contributed by atoms with Crippen LogP contribution in [-0.2, 0) is 23.2 Å². The van der Waals surface area contributed by atoms with E-state index in [9.17, 15) is 8.42 Å². The molecule has 0 bridgehead atoms. The largest absolute Gasteiger partial charge is 0.312 e. The fourth-order valence-corrected chi connectivity index (χ4v) is 2.16. The van der Waals surface area contributed by atoms with E-state index in [1.807, 2.05) is 12.1 Å². The number of hydrogen-bond acceptors (Lipinski definition) is 3. The molecule has 4 N–H and O–H groups in total. The molecule has 0 aromatic heterocycles. The molecular weight excluding hydrogens is 214 g/mol. The summed E-state index contributed by atoms with van der Waals surface area (Å²) in [4.78, 5) is 0. The molecule has 0 spiro atoms. The molecule has 0 saturated carbocycles. The Labute approximate surface area is 88.9 Å². The molecule has 0 atom stereocenters. The molecule has 1 aromatic carbocycles. The summed E-state index contributed by atoms with van der Waals surface area (Å²) in [5, 5.41) is 8.11. The number of nitrogens with one attached hydrogen (secondary N) is 2. The topological polar surface area (TPSA) is 84.2 Å². The van der Waals surface area contributed by atoms with Gasteiger partial charge in [-0.25, -0.2) is 5.14 Å². The van der Waals surface area contributed by atoms with E-state index in [-0.39, 0.29) is 0 Å². The molecule has 0 aliphatic carbocycles. The van der Waals surface area contributed by atoms with E-state index in [1.54, 1.807) is 6.07 Å². The van der Waals surface area contributed by atoms with Gasteiger partial charge in [-0.1, -0.05) is 6.07 Å². The molecule has 82 valence electrons. The third-order valence-corrected chi connectivity index (χ3v) is 2.87. The molecule has 0 amide bonds. The van der Waals surface area contributed by atoms with Crippen molar-refractivity contribution in [1.82, 2.24) is 5.32 Å². The highest BCUT2D eigenvalue weighted by molar-refractivity contribution is 7.90. The van der Waals surface area contributed by atoms with Crippen LogP contribution >= 0.6 is 0 Å². The van der Waals surface area contributed by atoms with E-state index < -0.39 is 10.2 Å². The van der Waals surface area contributed by atoms with Crippen LogP contribution in [-0.4, -0.2) is 15.0 Å². The molecule has 1 aromatic rings. The van der Waals surface area contributed by atoms with Crippen molar-refractivity contribution in [2.75, 3.05) is 11.3 Å². The number of rotatable bonds is 2. The Kier molecular flexibility index (Phi) is 2.64. The van der Waals surface area contributed by atoms with Gasteiger partial charge in [0.2, 0.25) is 0 Å². The maximum absolute atomic E-state index is 10.8. The van der Waals surface area contributed by atoms with Crippen LogP contribution in [0.25, 0.3) is 0 Å². The number of hydrogen-bond donors (Lipinski definition) is 3. The average molecular weight is 227 g/mol. The number of fused-ring (bicyclic) bond motifs is 1. The lowest BCUT2D eigenvalue weighted by Gasteiger charge is -2.17. The second kappa shape index (κ2) is 3.80. The van der Waals surface area contributed by atoms with E-state index in [1.165, 1.54) is 5.56 Å². The second-order valence-electron chi connectivity index (χ2n) is 3.56. The second-order valence-corrected chi connectivity index (χ2v) is 4.85. The molecular formula is C9H13N3O2S. The summed E-state index contributed by atoms with van der Waals surface area (Å²) in [6.07, 6.45) is 0.977. The fraction of sp³-hybridized carbons (Fsp3) is 0.333. The monoisotopic (exact) mass is 227 g/mol. The highest BCUT2D eigenvalue weighted by atomic mass is 32.2. The zero-order valence-electron chi connectivity index (χ0n) is 8.16. The molecule has 1 aliphatic rings. The van der Waals surface area contributed by atoms with Gasteiger partial charge in [0.05, 0.1) is 5.69 Å². The van der Waals surface area contributed by atoms with Crippen LogP contribution in [0.4, 0.5) is 5.69 Å². The minimum Gasteiger partial charge on any atom is -0.312 e. The lowest BCUT2D eigenvalue weighted by Crippen LogP contribution is -2.25. The summed E-state index contributed by atoms with van der Waals surface area (Å²) < 4.78 is 23.9. The van der Waals surface area contributed by atoms with Gasteiger partial charge >= 0.3 is 0 Å². The van der Waals surface area contributed by atoms with Crippen molar-refractivity contribution in [2.45, 2.75) is 13.0 Å². The number of benzene rings is 1. The first-order chi connectivity index (χ1) is 7.04. The van der Waals surface area contributed by atoms with Crippen LogP contribution in [0.3, 0.4) is 0 Å². The SMILES string of the molecule is NS(=O)(=O)Nc1ccc2c(c1)CNCC2. The summed E-state index contributed by atoms with van der Waals surface area (Å²) in [5.74, 6) is 0. The van der Waals surface area contributed by atoms with Crippen molar-refractivity contribution in [3.05, 3.63) is 29.3 Å². The van der Waals surface area contributed by atoms with Crippen LogP contribution in [0.5, 0.6) is 0 Å². The van der Waals surface area contributed by atoms with Crippen molar-refractivity contribution in [3.8, 4) is 0 Å². The lowest BCUT2D eigenvalue weighted by atomic mass is 10.0. The highest BCUT2D eigenvalue weighted by Crippen LogP contribution is 2.19. The minimum absolute atomic E-state index is 0.514. The molecule has 6 heteroatoms. The van der Waals surface area contributed by atoms with Crippen LogP contribution in [0, 0.1) is 0 Å². The standard InChI is InChI=1S/C9H13N3O2S/c10-15(13,14)12-9-2-1-7-3-4-11-6-8(7)5-9/h1-2,5,11-12H,3-4,6H2,(H2,10,13,14). The molecule has 15 heavy (non-hydrogen) atoms. The van der Waals surface area contributed by atoms with Gasteiger partial charge in [-0.05, 0) is 36.2 Å². The molecule has 0 fully saturated rings. The van der Waals surface area contributed by atoms with Crippen molar-refractivity contribution in [2.24, 2.45) is 5.14 Å². The Balaban J connectivity index is 2.28. The van der Waals surface area contributed by atoms with Crippen LogP contribution < -0.4 is 15.2 Å². The zero-order chi connectivity index (χ0) is 10.9. The first kappa shape index (κ1) is 10.4. The summed E-state index contributed by atoms with van der Waals surface area (Å²) in [5.41, 5.74) is 2.89. The first-order valence-corrected chi connectivity index (χ1v) is 6.22. The molecule has 1 heterocycles. The van der Waals surface area contributed by atoms with E-state index in [2.05, 4.69) is 10.0 Å². The molecule has 0 radical (unpaired) electrons. The predicted molar refractivity (Wildman–Crippen MR) is 58.6 cm³/mol. The Morgan fingerprint density at radius 3 is 2.87 bits per heavy atom. The Morgan fingerprint density at radius 2 is 2.13 bits per heavy atom. The minimum atomic E-state index is -3.67. The molecule has 0 saturated heterocycles. The van der Waals surface area contributed by atoms with E-state index in [4.69, 9.17) is 5.14 Å². The van der Waals surface area contributed by atoms with Gasteiger partial charge in [0.1, 0.15) is 0 Å². The normalized spacial score (nSPS) is 15.8. The number of anilines is 1. The van der Waals surface area contributed by atoms with Gasteiger partial charge < -0.3 is 5.32 Å². The van der Waals surface area contributed by atoms with Gasteiger partial charge in [0.25, 0.3) is 10.2 Å². The average Bonchev–Trinajstić information content (AvgIpc) is 2.15. The van der Waals surface area contributed by atoms with E-state index in [0.29, 0.717) is 5.69 Å². The van der Waals surface area contributed by atoms with Crippen molar-refractivity contribution < 1.29 is 8.42 Å². The fourth-order valence-electron chi connectivity index (χ4n) is 1.71. The van der Waals surface area contributed by atoms with E-state index in [0.717, 1.165) is 25.1 Å². The van der Waals surface area contributed by atoms with Gasteiger partial charge in [-0.3, -0.25) is 4.72 Å². The summed E-state index contributed by atoms with van der Waals surface area (Å²) in [6, 6.07) is 5.48. The molecule has 5 nitrogen and oxygen atoms in total.